The lowest BCUT2D eigenvalue weighted by Crippen LogP contribution is -2.59. The van der Waals surface area contributed by atoms with Gasteiger partial charge in [0.2, 0.25) is 5.91 Å². The van der Waals surface area contributed by atoms with Gasteiger partial charge in [-0.15, -0.1) is 0 Å². The second kappa shape index (κ2) is 6.40. The second-order valence-electron chi connectivity index (χ2n) is 8.13. The molecule has 0 unspecified atom stereocenters. The van der Waals surface area contributed by atoms with Crippen LogP contribution in [0.4, 0.5) is 0 Å². The quantitative estimate of drug-likeness (QED) is 0.829. The maximum atomic E-state index is 12.6. The van der Waals surface area contributed by atoms with E-state index in [4.69, 9.17) is 9.47 Å². The third kappa shape index (κ3) is 3.26. The van der Waals surface area contributed by atoms with E-state index in [1.807, 2.05) is 24.3 Å². The summed E-state index contributed by atoms with van der Waals surface area (Å²) in [5.41, 5.74) is 0.934. The number of nitrogens with one attached hydrogen (secondary N) is 1. The highest BCUT2D eigenvalue weighted by Crippen LogP contribution is 2.55. The monoisotopic (exact) mass is 341 g/mol. The number of methoxy groups -OCH3 is 2. The number of hydrogen-bond acceptors (Lipinski definition) is 3. The molecule has 4 nitrogen and oxygen atoms in total. The third-order valence-corrected chi connectivity index (χ3v) is 6.28. The Morgan fingerprint density at radius 2 is 1.72 bits per heavy atom. The van der Waals surface area contributed by atoms with Gasteiger partial charge >= 0.3 is 0 Å². The van der Waals surface area contributed by atoms with Crippen LogP contribution in [-0.2, 0) is 4.79 Å². The Labute approximate surface area is 149 Å². The molecular weight excluding hydrogens is 314 g/mol. The SMILES string of the molecule is COc1ccc(C=CC(=O)NC23CC4CC(CC(C4)C2)C3)c(OC)c1. The topological polar surface area (TPSA) is 47.6 Å². The van der Waals surface area contributed by atoms with Gasteiger partial charge in [0.1, 0.15) is 11.5 Å². The van der Waals surface area contributed by atoms with E-state index in [1.165, 1.54) is 38.5 Å². The van der Waals surface area contributed by atoms with Crippen molar-refractivity contribution in [3.63, 3.8) is 0 Å². The fourth-order valence-electron chi connectivity index (χ4n) is 5.69. The summed E-state index contributed by atoms with van der Waals surface area (Å²) in [7, 11) is 3.25. The molecule has 0 heterocycles. The summed E-state index contributed by atoms with van der Waals surface area (Å²) in [4.78, 5) is 12.6. The molecule has 0 radical (unpaired) electrons. The molecule has 1 aromatic carbocycles. The smallest absolute Gasteiger partial charge is 0.244 e. The predicted octanol–water partition coefficient (Wildman–Crippen LogP) is 3.80. The van der Waals surface area contributed by atoms with E-state index in [9.17, 15) is 4.79 Å². The fourth-order valence-corrected chi connectivity index (χ4v) is 5.69. The van der Waals surface area contributed by atoms with Gasteiger partial charge in [-0.25, -0.2) is 0 Å². The highest BCUT2D eigenvalue weighted by molar-refractivity contribution is 5.92. The molecule has 4 heteroatoms. The van der Waals surface area contributed by atoms with E-state index in [1.54, 1.807) is 20.3 Å². The molecule has 1 amide bonds. The minimum Gasteiger partial charge on any atom is -0.497 e. The summed E-state index contributed by atoms with van der Waals surface area (Å²) in [6.07, 6.45) is 11.1. The van der Waals surface area contributed by atoms with Crippen LogP contribution >= 0.6 is 0 Å². The minimum atomic E-state index is 0.0137. The van der Waals surface area contributed by atoms with Crippen molar-refractivity contribution in [3.8, 4) is 11.5 Å². The Hall–Kier alpha value is -1.97. The summed E-state index contributed by atoms with van der Waals surface area (Å²) in [6.45, 7) is 0. The summed E-state index contributed by atoms with van der Waals surface area (Å²) in [5.74, 6) is 3.96. The highest BCUT2D eigenvalue weighted by atomic mass is 16.5. The van der Waals surface area contributed by atoms with Crippen LogP contribution in [0.2, 0.25) is 0 Å². The van der Waals surface area contributed by atoms with Crippen LogP contribution in [0.5, 0.6) is 11.5 Å². The van der Waals surface area contributed by atoms with Crippen molar-refractivity contribution in [3.05, 3.63) is 29.8 Å². The Balaban J connectivity index is 1.45. The molecule has 0 spiro atoms. The molecule has 4 aliphatic rings. The lowest BCUT2D eigenvalue weighted by Gasteiger charge is -2.56. The average Bonchev–Trinajstić information content (AvgIpc) is 2.58. The van der Waals surface area contributed by atoms with Gasteiger partial charge in [-0.3, -0.25) is 4.79 Å². The van der Waals surface area contributed by atoms with Crippen LogP contribution in [0.25, 0.3) is 6.08 Å². The number of benzene rings is 1. The van der Waals surface area contributed by atoms with E-state index in [0.29, 0.717) is 5.75 Å². The number of hydrogen-bond donors (Lipinski definition) is 1. The first-order valence-electron chi connectivity index (χ1n) is 9.31. The van der Waals surface area contributed by atoms with Crippen LogP contribution < -0.4 is 14.8 Å². The number of carbonyl (C=O) groups excluding carboxylic acids is 1. The van der Waals surface area contributed by atoms with E-state index >= 15 is 0 Å². The molecule has 4 fully saturated rings. The molecule has 1 N–H and O–H groups in total. The van der Waals surface area contributed by atoms with Crippen molar-refractivity contribution in [2.45, 2.75) is 44.1 Å². The normalized spacial score (nSPS) is 32.8. The summed E-state index contributed by atoms with van der Waals surface area (Å²) >= 11 is 0. The number of amides is 1. The molecule has 4 bridgehead atoms. The van der Waals surface area contributed by atoms with Crippen LogP contribution in [0, 0.1) is 17.8 Å². The maximum Gasteiger partial charge on any atom is 0.244 e. The molecule has 0 saturated heterocycles. The lowest BCUT2D eigenvalue weighted by atomic mass is 9.53. The standard InChI is InChI=1S/C21H27NO3/c1-24-18-5-3-17(19(10-18)25-2)4-6-20(23)22-21-11-14-7-15(12-21)9-16(8-14)13-21/h3-6,10,14-16H,7-9,11-13H2,1-2H3,(H,22,23). The van der Waals surface area contributed by atoms with E-state index in [0.717, 1.165) is 29.1 Å². The lowest BCUT2D eigenvalue weighted by molar-refractivity contribution is -0.122. The van der Waals surface area contributed by atoms with E-state index < -0.39 is 0 Å². The van der Waals surface area contributed by atoms with Crippen LogP contribution in [0.3, 0.4) is 0 Å². The van der Waals surface area contributed by atoms with Gasteiger partial charge < -0.3 is 14.8 Å². The molecule has 25 heavy (non-hydrogen) atoms. The Bertz CT molecular complexity index is 659. The van der Waals surface area contributed by atoms with Gasteiger partial charge in [-0.1, -0.05) is 0 Å². The van der Waals surface area contributed by atoms with Crippen molar-refractivity contribution in [2.24, 2.45) is 17.8 Å². The van der Waals surface area contributed by atoms with Crippen LogP contribution in [-0.4, -0.2) is 25.7 Å². The fraction of sp³-hybridized carbons (Fsp3) is 0.571. The van der Waals surface area contributed by atoms with Gasteiger partial charge in [0.15, 0.2) is 0 Å². The maximum absolute atomic E-state index is 12.6. The molecule has 0 aromatic heterocycles. The zero-order valence-corrected chi connectivity index (χ0v) is 15.1. The third-order valence-electron chi connectivity index (χ3n) is 6.28. The molecule has 1 aromatic rings. The van der Waals surface area contributed by atoms with Gasteiger partial charge in [0, 0.05) is 23.2 Å². The first kappa shape index (κ1) is 16.5. The van der Waals surface area contributed by atoms with Gasteiger partial charge in [0.05, 0.1) is 14.2 Å². The largest absolute Gasteiger partial charge is 0.497 e. The second-order valence-corrected chi connectivity index (χ2v) is 8.13. The number of carbonyl (C=O) groups is 1. The Kier molecular flexibility index (Phi) is 4.22. The van der Waals surface area contributed by atoms with Gasteiger partial charge in [0.25, 0.3) is 0 Å². The first-order valence-corrected chi connectivity index (χ1v) is 9.31. The Morgan fingerprint density at radius 3 is 2.28 bits per heavy atom. The van der Waals surface area contributed by atoms with Crippen molar-refractivity contribution in [1.29, 1.82) is 0 Å². The molecule has 0 aliphatic heterocycles. The number of ether oxygens (including phenoxy) is 2. The van der Waals surface area contributed by atoms with Crippen LogP contribution in [0.1, 0.15) is 44.1 Å². The highest BCUT2D eigenvalue weighted by Gasteiger charge is 2.51. The van der Waals surface area contributed by atoms with E-state index in [-0.39, 0.29) is 11.4 Å². The molecule has 0 atom stereocenters. The summed E-state index contributed by atoms with van der Waals surface area (Å²) in [5, 5.41) is 3.36. The average molecular weight is 341 g/mol. The van der Waals surface area contributed by atoms with Crippen molar-refractivity contribution in [1.82, 2.24) is 5.32 Å². The van der Waals surface area contributed by atoms with Crippen molar-refractivity contribution >= 4 is 12.0 Å². The first-order chi connectivity index (χ1) is 12.1. The van der Waals surface area contributed by atoms with Crippen LogP contribution in [0.15, 0.2) is 24.3 Å². The predicted molar refractivity (Wildman–Crippen MR) is 97.6 cm³/mol. The van der Waals surface area contributed by atoms with Gasteiger partial charge in [-0.05, 0) is 74.5 Å². The Morgan fingerprint density at radius 1 is 1.08 bits per heavy atom. The van der Waals surface area contributed by atoms with Crippen molar-refractivity contribution < 1.29 is 14.3 Å². The molecule has 4 saturated carbocycles. The summed E-state index contributed by atoms with van der Waals surface area (Å²) in [6, 6.07) is 5.61. The van der Waals surface area contributed by atoms with E-state index in [2.05, 4.69) is 5.32 Å². The minimum absolute atomic E-state index is 0.0137. The zero-order valence-electron chi connectivity index (χ0n) is 15.1. The van der Waals surface area contributed by atoms with Crippen molar-refractivity contribution in [2.75, 3.05) is 14.2 Å². The number of rotatable bonds is 5. The molecule has 5 rings (SSSR count). The molecule has 134 valence electrons. The summed E-state index contributed by atoms with van der Waals surface area (Å²) < 4.78 is 10.6. The zero-order chi connectivity index (χ0) is 17.4. The molecular formula is C21H27NO3. The molecule has 4 aliphatic carbocycles. The van der Waals surface area contributed by atoms with Gasteiger partial charge in [-0.2, -0.15) is 0 Å².